The molecule has 27 heavy (non-hydrogen) atoms. The molecule has 146 valence electrons. The Morgan fingerprint density at radius 2 is 1.93 bits per heavy atom. The summed E-state index contributed by atoms with van der Waals surface area (Å²) in [5.74, 6) is 1.63. The molecule has 1 aliphatic heterocycles. The molecule has 0 spiro atoms. The highest BCUT2D eigenvalue weighted by molar-refractivity contribution is 5.46. The first-order valence-corrected chi connectivity index (χ1v) is 10.0. The van der Waals surface area contributed by atoms with Crippen molar-refractivity contribution in [2.75, 3.05) is 26.7 Å². The summed E-state index contributed by atoms with van der Waals surface area (Å²) in [5, 5.41) is 3.63. The number of benzene rings is 2. The van der Waals surface area contributed by atoms with E-state index in [0.29, 0.717) is 12.6 Å². The first-order valence-electron chi connectivity index (χ1n) is 10.0. The zero-order chi connectivity index (χ0) is 19.1. The number of hydrogen-bond donors (Lipinski definition) is 1. The number of aryl methyl sites for hydroxylation is 1. The molecule has 0 amide bonds. The van der Waals surface area contributed by atoms with Crippen molar-refractivity contribution in [1.29, 1.82) is 0 Å². The van der Waals surface area contributed by atoms with Crippen LogP contribution < -0.4 is 14.8 Å². The largest absolute Gasteiger partial charge is 0.493 e. The van der Waals surface area contributed by atoms with Crippen molar-refractivity contribution in [3.05, 3.63) is 59.2 Å². The van der Waals surface area contributed by atoms with E-state index in [1.54, 1.807) is 7.11 Å². The third-order valence-corrected chi connectivity index (χ3v) is 5.51. The minimum atomic E-state index is 0.548. The fourth-order valence-electron chi connectivity index (χ4n) is 3.86. The Morgan fingerprint density at radius 3 is 2.70 bits per heavy atom. The van der Waals surface area contributed by atoms with E-state index in [9.17, 15) is 0 Å². The predicted molar refractivity (Wildman–Crippen MR) is 110 cm³/mol. The van der Waals surface area contributed by atoms with Crippen molar-refractivity contribution < 1.29 is 9.47 Å². The molecule has 1 atom stereocenters. The number of likely N-dealkylation sites (N-methyl/N-ethyl adjacent to an activating group) is 1. The van der Waals surface area contributed by atoms with Crippen LogP contribution in [0.2, 0.25) is 0 Å². The van der Waals surface area contributed by atoms with E-state index >= 15 is 0 Å². The van der Waals surface area contributed by atoms with Crippen LogP contribution >= 0.6 is 0 Å². The second kappa shape index (κ2) is 9.77. The normalized spacial score (nSPS) is 17.2. The molecule has 1 fully saturated rings. The summed E-state index contributed by atoms with van der Waals surface area (Å²) in [5.41, 5.74) is 3.59. The number of likely N-dealkylation sites (tertiary alicyclic amines) is 1. The number of nitrogens with one attached hydrogen (secondary N) is 1. The van der Waals surface area contributed by atoms with Crippen molar-refractivity contribution >= 4 is 0 Å². The Labute approximate surface area is 163 Å². The van der Waals surface area contributed by atoms with Gasteiger partial charge in [-0.15, -0.1) is 0 Å². The van der Waals surface area contributed by atoms with Crippen LogP contribution in [0.4, 0.5) is 0 Å². The first-order chi connectivity index (χ1) is 13.2. The summed E-state index contributed by atoms with van der Waals surface area (Å²) >= 11 is 0. The molecule has 2 aromatic rings. The zero-order valence-electron chi connectivity index (χ0n) is 16.8. The number of methoxy groups -OCH3 is 1. The average Bonchev–Trinajstić information content (AvgIpc) is 3.15. The Bertz CT molecular complexity index is 732. The lowest BCUT2D eigenvalue weighted by atomic mass is 10.1. The van der Waals surface area contributed by atoms with Gasteiger partial charge in [-0.25, -0.2) is 0 Å². The molecule has 2 aromatic carbocycles. The fraction of sp³-hybridized carbons (Fsp3) is 0.478. The Kier molecular flexibility index (Phi) is 7.13. The van der Waals surface area contributed by atoms with Crippen LogP contribution in [0, 0.1) is 6.92 Å². The van der Waals surface area contributed by atoms with Gasteiger partial charge in [-0.05, 0) is 50.0 Å². The van der Waals surface area contributed by atoms with E-state index in [0.717, 1.165) is 36.7 Å². The molecule has 4 heteroatoms. The van der Waals surface area contributed by atoms with Gasteiger partial charge in [0.05, 0.1) is 7.11 Å². The molecule has 0 radical (unpaired) electrons. The van der Waals surface area contributed by atoms with Gasteiger partial charge < -0.3 is 14.8 Å². The molecule has 3 rings (SSSR count). The minimum absolute atomic E-state index is 0.548. The molecular formula is C23H32N2O2. The van der Waals surface area contributed by atoms with E-state index in [-0.39, 0.29) is 0 Å². The van der Waals surface area contributed by atoms with E-state index < -0.39 is 0 Å². The van der Waals surface area contributed by atoms with Crippen molar-refractivity contribution in [2.45, 2.75) is 45.9 Å². The SMILES string of the molecule is CCN1CCCC1CNCc1cccc(OC)c1OCc1ccccc1C. The van der Waals surface area contributed by atoms with Crippen molar-refractivity contribution in [3.8, 4) is 11.5 Å². The van der Waals surface area contributed by atoms with Crippen LogP contribution in [-0.4, -0.2) is 37.7 Å². The van der Waals surface area contributed by atoms with Crippen LogP contribution in [0.25, 0.3) is 0 Å². The standard InChI is InChI=1S/C23H32N2O2/c1-4-25-14-8-12-21(25)16-24-15-19-11-7-13-22(26-3)23(19)27-17-20-10-6-5-9-18(20)2/h5-7,9-11,13,21,24H,4,8,12,14-17H2,1-3H3. The number of nitrogens with zero attached hydrogens (tertiary/aromatic N) is 1. The second-order valence-electron chi connectivity index (χ2n) is 7.22. The molecule has 0 bridgehead atoms. The van der Waals surface area contributed by atoms with E-state index in [1.165, 1.54) is 30.5 Å². The van der Waals surface area contributed by atoms with Gasteiger partial charge in [0.25, 0.3) is 0 Å². The smallest absolute Gasteiger partial charge is 0.166 e. The van der Waals surface area contributed by atoms with E-state index in [4.69, 9.17) is 9.47 Å². The lowest BCUT2D eigenvalue weighted by Crippen LogP contribution is -2.37. The Balaban J connectivity index is 1.65. The van der Waals surface area contributed by atoms with Gasteiger partial charge in [0.1, 0.15) is 6.61 Å². The van der Waals surface area contributed by atoms with Crippen LogP contribution in [-0.2, 0) is 13.2 Å². The van der Waals surface area contributed by atoms with Gasteiger partial charge in [-0.2, -0.15) is 0 Å². The number of rotatable bonds is 9. The van der Waals surface area contributed by atoms with Crippen LogP contribution in [0.5, 0.6) is 11.5 Å². The molecule has 1 saturated heterocycles. The molecule has 1 unspecified atom stereocenters. The van der Waals surface area contributed by atoms with Gasteiger partial charge in [-0.3, -0.25) is 4.90 Å². The molecule has 0 aliphatic carbocycles. The van der Waals surface area contributed by atoms with Crippen LogP contribution in [0.1, 0.15) is 36.5 Å². The third kappa shape index (κ3) is 5.02. The van der Waals surface area contributed by atoms with Crippen molar-refractivity contribution in [2.24, 2.45) is 0 Å². The van der Waals surface area contributed by atoms with Crippen molar-refractivity contribution in [3.63, 3.8) is 0 Å². The van der Waals surface area contributed by atoms with Crippen LogP contribution in [0.15, 0.2) is 42.5 Å². The van der Waals surface area contributed by atoms with Gasteiger partial charge in [0.2, 0.25) is 0 Å². The summed E-state index contributed by atoms with van der Waals surface area (Å²) in [6, 6.07) is 15.1. The minimum Gasteiger partial charge on any atom is -0.493 e. The van der Waals surface area contributed by atoms with Crippen molar-refractivity contribution in [1.82, 2.24) is 10.2 Å². The fourth-order valence-corrected chi connectivity index (χ4v) is 3.86. The Morgan fingerprint density at radius 1 is 1.11 bits per heavy atom. The molecule has 0 saturated carbocycles. The predicted octanol–water partition coefficient (Wildman–Crippen LogP) is 4.16. The monoisotopic (exact) mass is 368 g/mol. The summed E-state index contributed by atoms with van der Waals surface area (Å²) in [6.07, 6.45) is 2.60. The summed E-state index contributed by atoms with van der Waals surface area (Å²) in [6.45, 7) is 9.08. The zero-order valence-corrected chi connectivity index (χ0v) is 16.8. The van der Waals surface area contributed by atoms with Gasteiger partial charge in [0.15, 0.2) is 11.5 Å². The Hall–Kier alpha value is -2.04. The number of para-hydroxylation sites is 1. The lowest BCUT2D eigenvalue weighted by molar-refractivity contribution is 0.258. The molecule has 1 aliphatic rings. The third-order valence-electron chi connectivity index (χ3n) is 5.51. The number of ether oxygens (including phenoxy) is 2. The lowest BCUT2D eigenvalue weighted by Gasteiger charge is -2.23. The molecular weight excluding hydrogens is 336 g/mol. The molecule has 0 aromatic heterocycles. The highest BCUT2D eigenvalue weighted by Crippen LogP contribution is 2.32. The quantitative estimate of drug-likeness (QED) is 0.721. The summed E-state index contributed by atoms with van der Waals surface area (Å²) in [4.78, 5) is 2.56. The molecule has 1 N–H and O–H groups in total. The van der Waals surface area contributed by atoms with Gasteiger partial charge in [-0.1, -0.05) is 43.3 Å². The summed E-state index contributed by atoms with van der Waals surface area (Å²) < 4.78 is 11.8. The van der Waals surface area contributed by atoms with Crippen LogP contribution in [0.3, 0.4) is 0 Å². The maximum atomic E-state index is 6.22. The highest BCUT2D eigenvalue weighted by atomic mass is 16.5. The topological polar surface area (TPSA) is 33.7 Å². The maximum Gasteiger partial charge on any atom is 0.166 e. The second-order valence-corrected chi connectivity index (χ2v) is 7.22. The van der Waals surface area contributed by atoms with E-state index in [1.807, 2.05) is 12.1 Å². The van der Waals surface area contributed by atoms with Gasteiger partial charge in [0, 0.05) is 24.7 Å². The maximum absolute atomic E-state index is 6.22. The highest BCUT2D eigenvalue weighted by Gasteiger charge is 2.22. The average molecular weight is 369 g/mol. The molecule has 1 heterocycles. The first kappa shape index (κ1) is 19.7. The number of hydrogen-bond acceptors (Lipinski definition) is 4. The van der Waals surface area contributed by atoms with E-state index in [2.05, 4.69) is 54.4 Å². The molecule has 4 nitrogen and oxygen atoms in total. The van der Waals surface area contributed by atoms with Gasteiger partial charge >= 0.3 is 0 Å². The summed E-state index contributed by atoms with van der Waals surface area (Å²) in [7, 11) is 1.70.